The smallest absolute Gasteiger partial charge is 0.353 e. The SMILES string of the molecule is N#Cc1ccc(SC2=C(C(=O)O)N3C(=O)[C@@H](NC(=O)Cc4ccccc4)[C@H]3SC2)c([N+](=O)[O-])c1. The molecule has 4 rings (SSSR count). The van der Waals surface area contributed by atoms with Gasteiger partial charge in [-0.15, -0.1) is 11.8 Å². The highest BCUT2D eigenvalue weighted by Crippen LogP contribution is 2.46. The average Bonchev–Trinajstić information content (AvgIpc) is 2.82. The zero-order valence-corrected chi connectivity index (χ0v) is 19.0. The molecule has 34 heavy (non-hydrogen) atoms. The molecular weight excluding hydrogens is 480 g/mol. The highest BCUT2D eigenvalue weighted by molar-refractivity contribution is 8.06. The van der Waals surface area contributed by atoms with Gasteiger partial charge in [0.05, 0.1) is 27.9 Å². The number of nitro benzene ring substituents is 1. The van der Waals surface area contributed by atoms with Crippen molar-refractivity contribution >= 4 is 47.0 Å². The number of aliphatic carboxylic acids is 1. The molecule has 2 aliphatic rings. The third-order valence-corrected chi connectivity index (χ3v) is 7.79. The fraction of sp³-hybridized carbons (Fsp3) is 0.182. The van der Waals surface area contributed by atoms with Crippen LogP contribution in [0.25, 0.3) is 0 Å². The number of amides is 2. The maximum atomic E-state index is 12.8. The summed E-state index contributed by atoms with van der Waals surface area (Å²) in [5.41, 5.74) is 0.308. The molecule has 0 aromatic heterocycles. The second kappa shape index (κ2) is 9.58. The molecule has 2 aliphatic heterocycles. The summed E-state index contributed by atoms with van der Waals surface area (Å²) >= 11 is 2.15. The maximum absolute atomic E-state index is 12.8. The van der Waals surface area contributed by atoms with Crippen LogP contribution in [0.2, 0.25) is 0 Å². The summed E-state index contributed by atoms with van der Waals surface area (Å²) in [7, 11) is 0. The Balaban J connectivity index is 1.54. The Kier molecular flexibility index (Phi) is 6.58. The molecule has 2 amide bonds. The van der Waals surface area contributed by atoms with Gasteiger partial charge in [0.2, 0.25) is 5.91 Å². The number of fused-ring (bicyclic) bond motifs is 1. The number of benzene rings is 2. The number of carbonyl (C=O) groups excluding carboxylic acids is 2. The van der Waals surface area contributed by atoms with Crippen molar-refractivity contribution in [3.05, 3.63) is 80.4 Å². The number of thioether (sulfide) groups is 2. The van der Waals surface area contributed by atoms with Gasteiger partial charge < -0.3 is 10.4 Å². The largest absolute Gasteiger partial charge is 0.477 e. The Hall–Kier alpha value is -3.82. The van der Waals surface area contributed by atoms with Gasteiger partial charge in [-0.25, -0.2) is 4.79 Å². The lowest BCUT2D eigenvalue weighted by Crippen LogP contribution is -2.70. The van der Waals surface area contributed by atoms with Gasteiger partial charge in [-0.3, -0.25) is 24.6 Å². The summed E-state index contributed by atoms with van der Waals surface area (Å²) in [5.74, 6) is -2.06. The van der Waals surface area contributed by atoms with Crippen LogP contribution < -0.4 is 5.32 Å². The predicted octanol–water partition coefficient (Wildman–Crippen LogP) is 2.50. The van der Waals surface area contributed by atoms with Crippen LogP contribution in [0.5, 0.6) is 0 Å². The van der Waals surface area contributed by atoms with Crippen LogP contribution in [-0.4, -0.2) is 49.9 Å². The van der Waals surface area contributed by atoms with Gasteiger partial charge in [0, 0.05) is 16.7 Å². The fourth-order valence-corrected chi connectivity index (χ4v) is 6.18. The van der Waals surface area contributed by atoms with Gasteiger partial charge >= 0.3 is 5.97 Å². The lowest BCUT2D eigenvalue weighted by molar-refractivity contribution is -0.387. The van der Waals surface area contributed by atoms with E-state index in [9.17, 15) is 29.6 Å². The predicted molar refractivity (Wildman–Crippen MR) is 123 cm³/mol. The zero-order chi connectivity index (χ0) is 24.4. The van der Waals surface area contributed by atoms with Crippen LogP contribution >= 0.6 is 23.5 Å². The molecule has 0 saturated carbocycles. The third-order valence-electron chi connectivity index (χ3n) is 5.18. The minimum atomic E-state index is -1.34. The van der Waals surface area contributed by atoms with Crippen molar-refractivity contribution in [3.63, 3.8) is 0 Å². The summed E-state index contributed by atoms with van der Waals surface area (Å²) in [6.45, 7) is 0. The summed E-state index contributed by atoms with van der Waals surface area (Å²) in [4.78, 5) is 49.6. The Morgan fingerprint density at radius 2 is 2.03 bits per heavy atom. The second-order valence-electron chi connectivity index (χ2n) is 7.35. The molecule has 0 unspecified atom stereocenters. The molecule has 2 heterocycles. The number of hydrogen-bond acceptors (Lipinski definition) is 8. The van der Waals surface area contributed by atoms with E-state index < -0.39 is 28.2 Å². The number of nitrogens with one attached hydrogen (secondary N) is 1. The maximum Gasteiger partial charge on any atom is 0.353 e. The first-order valence-corrected chi connectivity index (χ1v) is 11.8. The molecule has 12 heteroatoms. The molecule has 172 valence electrons. The molecule has 0 bridgehead atoms. The molecule has 2 aromatic carbocycles. The average molecular weight is 497 g/mol. The Morgan fingerprint density at radius 3 is 2.68 bits per heavy atom. The van der Waals surface area contributed by atoms with Gasteiger partial charge in [0.25, 0.3) is 11.6 Å². The molecule has 2 atom stereocenters. The first-order chi connectivity index (χ1) is 16.3. The van der Waals surface area contributed by atoms with E-state index in [-0.39, 0.29) is 44.8 Å². The molecule has 1 saturated heterocycles. The van der Waals surface area contributed by atoms with Gasteiger partial charge in [0.1, 0.15) is 17.1 Å². The minimum absolute atomic E-state index is 0.0904. The summed E-state index contributed by atoms with van der Waals surface area (Å²) in [5, 5.41) is 32.3. The quantitative estimate of drug-likeness (QED) is 0.334. The molecule has 10 nitrogen and oxygen atoms in total. The van der Waals surface area contributed by atoms with Gasteiger partial charge in [-0.05, 0) is 17.7 Å². The highest BCUT2D eigenvalue weighted by atomic mass is 32.2. The number of nitro groups is 1. The fourth-order valence-electron chi connectivity index (χ4n) is 3.62. The van der Waals surface area contributed by atoms with Crippen LogP contribution in [0.4, 0.5) is 5.69 Å². The zero-order valence-electron chi connectivity index (χ0n) is 17.3. The molecule has 0 radical (unpaired) electrons. The van der Waals surface area contributed by atoms with Crippen molar-refractivity contribution in [2.75, 3.05) is 5.75 Å². The highest BCUT2D eigenvalue weighted by Gasteiger charge is 2.54. The summed E-state index contributed by atoms with van der Waals surface area (Å²) in [6.07, 6.45) is 0.0904. The minimum Gasteiger partial charge on any atom is -0.477 e. The van der Waals surface area contributed by atoms with Crippen molar-refractivity contribution < 1.29 is 24.4 Å². The summed E-state index contributed by atoms with van der Waals surface area (Å²) in [6, 6.07) is 13.9. The molecular formula is C22H16N4O6S2. The van der Waals surface area contributed by atoms with Crippen LogP contribution in [0.3, 0.4) is 0 Å². The number of β-lactam (4-membered cyclic amide) rings is 1. The van der Waals surface area contributed by atoms with E-state index in [1.165, 1.54) is 23.9 Å². The van der Waals surface area contributed by atoms with Crippen molar-refractivity contribution in [1.82, 2.24) is 10.2 Å². The van der Waals surface area contributed by atoms with Gasteiger partial charge in [-0.2, -0.15) is 5.26 Å². The number of carboxylic acid groups (broad SMARTS) is 1. The Morgan fingerprint density at radius 1 is 1.29 bits per heavy atom. The van der Waals surface area contributed by atoms with E-state index in [4.69, 9.17) is 5.26 Å². The third kappa shape index (κ3) is 4.48. The van der Waals surface area contributed by atoms with Gasteiger partial charge in [-0.1, -0.05) is 42.1 Å². The second-order valence-corrected chi connectivity index (χ2v) is 9.59. The van der Waals surface area contributed by atoms with Crippen molar-refractivity contribution in [1.29, 1.82) is 5.26 Å². The molecule has 2 N–H and O–H groups in total. The molecule has 0 spiro atoms. The monoisotopic (exact) mass is 496 g/mol. The van der Waals surface area contributed by atoms with E-state index in [0.29, 0.717) is 0 Å². The van der Waals surface area contributed by atoms with E-state index in [1.807, 2.05) is 12.1 Å². The Labute approximate surface area is 201 Å². The lowest BCUT2D eigenvalue weighted by Gasteiger charge is -2.49. The molecule has 0 aliphatic carbocycles. The first kappa shape index (κ1) is 23.3. The number of nitrogens with zero attached hydrogens (tertiary/aromatic N) is 3. The number of hydrogen-bond donors (Lipinski definition) is 2. The summed E-state index contributed by atoms with van der Waals surface area (Å²) < 4.78 is 0. The Bertz CT molecular complexity index is 1270. The topological polar surface area (TPSA) is 154 Å². The lowest BCUT2D eigenvalue weighted by atomic mass is 10.0. The van der Waals surface area contributed by atoms with Crippen molar-refractivity contribution in [2.45, 2.75) is 22.7 Å². The van der Waals surface area contributed by atoms with E-state index >= 15 is 0 Å². The van der Waals surface area contributed by atoms with Crippen LogP contribution in [0, 0.1) is 21.4 Å². The van der Waals surface area contributed by atoms with Crippen LogP contribution in [-0.2, 0) is 20.8 Å². The number of carbonyl (C=O) groups is 3. The normalized spacial score (nSPS) is 19.0. The van der Waals surface area contributed by atoms with Crippen LogP contribution in [0.1, 0.15) is 11.1 Å². The van der Waals surface area contributed by atoms with E-state index in [0.717, 1.165) is 28.3 Å². The molecule has 1 fully saturated rings. The van der Waals surface area contributed by atoms with Crippen molar-refractivity contribution in [2.24, 2.45) is 0 Å². The number of carboxylic acids is 1. The standard InChI is InChI=1S/C22H16N4O6S2/c23-10-13-6-7-15(14(8-13)26(31)32)34-16-11-33-21-18(20(28)25(21)19(16)22(29)30)24-17(27)9-12-4-2-1-3-5-12/h1-8,18,21H,9,11H2,(H,24,27)(H,29,30)/t18-,21-/m1/s1. The molecule has 2 aromatic rings. The van der Waals surface area contributed by atoms with E-state index in [1.54, 1.807) is 24.3 Å². The number of rotatable bonds is 7. The van der Waals surface area contributed by atoms with Gasteiger partial charge in [0.15, 0.2) is 0 Å². The van der Waals surface area contributed by atoms with E-state index in [2.05, 4.69) is 5.32 Å². The number of nitriles is 1. The van der Waals surface area contributed by atoms with Crippen LogP contribution in [0.15, 0.2) is 64.0 Å². The first-order valence-electron chi connectivity index (χ1n) is 9.91. The van der Waals surface area contributed by atoms with Crippen molar-refractivity contribution in [3.8, 4) is 6.07 Å².